The Morgan fingerprint density at radius 2 is 2.31 bits per heavy atom. The molecule has 1 atom stereocenters. The van der Waals surface area contributed by atoms with Gasteiger partial charge in [-0.2, -0.15) is 0 Å². The van der Waals surface area contributed by atoms with Gasteiger partial charge >= 0.3 is 0 Å². The topological polar surface area (TPSA) is 61.4 Å². The minimum atomic E-state index is -0.425. The molecule has 1 fully saturated rings. The summed E-state index contributed by atoms with van der Waals surface area (Å²) in [6, 6.07) is 0.0848. The van der Waals surface area contributed by atoms with E-state index in [1.807, 2.05) is 18.9 Å². The fraction of sp³-hybridized carbons (Fsp3) is 0.381. The molecule has 0 spiro atoms. The summed E-state index contributed by atoms with van der Waals surface area (Å²) in [5.41, 5.74) is 2.10. The van der Waals surface area contributed by atoms with Gasteiger partial charge in [-0.3, -0.25) is 4.79 Å². The standard InChI is InChI=1S/C21H24FN5OS/c1-5-12(2)27-8-6-7-14(11-27)26(4)20-18(22)15-9-24-21(28)17(15)19(25-20)16-10-23-13(3)29-16/h5,10,14H,1-2,6-9,11H2,3-4H3,(H,24,28). The summed E-state index contributed by atoms with van der Waals surface area (Å²) in [6.45, 7) is 11.6. The van der Waals surface area contributed by atoms with E-state index >= 15 is 4.39 Å². The Morgan fingerprint density at radius 1 is 1.52 bits per heavy atom. The lowest BCUT2D eigenvalue weighted by molar-refractivity contribution is 0.0966. The monoisotopic (exact) mass is 413 g/mol. The number of carbonyl (C=O) groups excluding carboxylic acids is 1. The Hall–Kier alpha value is -2.74. The van der Waals surface area contributed by atoms with Crippen molar-refractivity contribution in [1.82, 2.24) is 20.2 Å². The van der Waals surface area contributed by atoms with Crippen LogP contribution in [-0.4, -0.2) is 47.0 Å². The number of hydrogen-bond donors (Lipinski definition) is 1. The molecule has 4 rings (SSSR count). The highest BCUT2D eigenvalue weighted by Crippen LogP contribution is 2.37. The Balaban J connectivity index is 1.75. The lowest BCUT2D eigenvalue weighted by atomic mass is 10.0. The van der Waals surface area contributed by atoms with Crippen molar-refractivity contribution in [1.29, 1.82) is 0 Å². The lowest BCUT2D eigenvalue weighted by Gasteiger charge is -2.39. The van der Waals surface area contributed by atoms with Gasteiger partial charge < -0.3 is 15.1 Å². The molecule has 0 aliphatic carbocycles. The second kappa shape index (κ2) is 7.59. The quantitative estimate of drug-likeness (QED) is 0.761. The number of aromatic nitrogens is 2. The Labute approximate surface area is 173 Å². The predicted octanol–water partition coefficient (Wildman–Crippen LogP) is 3.50. The smallest absolute Gasteiger partial charge is 0.254 e. The van der Waals surface area contributed by atoms with Crippen LogP contribution in [0.25, 0.3) is 10.6 Å². The molecule has 1 saturated heterocycles. The second-order valence-corrected chi connectivity index (χ2v) is 8.66. The molecule has 2 aliphatic rings. The molecule has 4 heterocycles. The van der Waals surface area contributed by atoms with Crippen molar-refractivity contribution in [2.24, 2.45) is 0 Å². The number of allylic oxidation sites excluding steroid dienone is 1. The number of fused-ring (bicyclic) bond motifs is 1. The third-order valence-electron chi connectivity index (χ3n) is 5.65. The van der Waals surface area contributed by atoms with E-state index in [1.54, 1.807) is 12.3 Å². The number of halogens is 1. The highest BCUT2D eigenvalue weighted by molar-refractivity contribution is 7.15. The van der Waals surface area contributed by atoms with Crippen molar-refractivity contribution in [2.45, 2.75) is 32.4 Å². The normalized spacial score (nSPS) is 18.4. The molecule has 152 valence electrons. The number of nitrogens with zero attached hydrogens (tertiary/aromatic N) is 4. The van der Waals surface area contributed by atoms with Crippen LogP contribution in [-0.2, 0) is 6.54 Å². The summed E-state index contributed by atoms with van der Waals surface area (Å²) in [6.07, 6.45) is 5.36. The van der Waals surface area contributed by atoms with Crippen LogP contribution in [0.2, 0.25) is 0 Å². The third-order valence-corrected chi connectivity index (χ3v) is 6.56. The van der Waals surface area contributed by atoms with Crippen LogP contribution in [0.15, 0.2) is 31.1 Å². The molecule has 1 unspecified atom stereocenters. The zero-order valence-electron chi connectivity index (χ0n) is 16.7. The summed E-state index contributed by atoms with van der Waals surface area (Å²) in [5.74, 6) is -0.435. The maximum absolute atomic E-state index is 15.4. The number of piperidine rings is 1. The first-order valence-corrected chi connectivity index (χ1v) is 10.4. The lowest BCUT2D eigenvalue weighted by Crippen LogP contribution is -2.46. The number of aryl methyl sites for hydroxylation is 1. The molecule has 29 heavy (non-hydrogen) atoms. The van der Waals surface area contributed by atoms with Gasteiger partial charge in [-0.1, -0.05) is 13.2 Å². The summed E-state index contributed by atoms with van der Waals surface area (Å²) < 4.78 is 15.4. The number of anilines is 1. The fourth-order valence-electron chi connectivity index (χ4n) is 3.98. The van der Waals surface area contributed by atoms with Gasteiger partial charge in [0.15, 0.2) is 11.6 Å². The molecule has 2 aliphatic heterocycles. The number of pyridine rings is 1. The molecule has 2 aromatic heterocycles. The summed E-state index contributed by atoms with van der Waals surface area (Å²) in [7, 11) is 1.87. The first-order valence-electron chi connectivity index (χ1n) is 9.63. The number of rotatable bonds is 5. The molecular formula is C21H24FN5OS. The molecular weight excluding hydrogens is 389 g/mol. The number of carbonyl (C=O) groups is 1. The van der Waals surface area contributed by atoms with E-state index in [9.17, 15) is 4.79 Å². The predicted molar refractivity (Wildman–Crippen MR) is 114 cm³/mol. The Bertz CT molecular complexity index is 1000. The molecule has 1 amide bonds. The van der Waals surface area contributed by atoms with Gasteiger partial charge in [-0.05, 0) is 25.8 Å². The molecule has 1 N–H and O–H groups in total. The Morgan fingerprint density at radius 3 is 3.00 bits per heavy atom. The SMILES string of the molecule is C=CC(=C)N1CCCC(N(C)c2nc(-c3cnc(C)s3)c3c(c2F)CNC3=O)C1. The van der Waals surface area contributed by atoms with Crippen molar-refractivity contribution >= 4 is 23.1 Å². The van der Waals surface area contributed by atoms with Gasteiger partial charge in [0.05, 0.1) is 21.1 Å². The van der Waals surface area contributed by atoms with Crippen molar-refractivity contribution in [3.63, 3.8) is 0 Å². The van der Waals surface area contributed by atoms with Crippen LogP contribution in [0.3, 0.4) is 0 Å². The summed E-state index contributed by atoms with van der Waals surface area (Å²) in [5, 5.41) is 3.61. The minimum Gasteiger partial charge on any atom is -0.370 e. The van der Waals surface area contributed by atoms with E-state index in [4.69, 9.17) is 0 Å². The van der Waals surface area contributed by atoms with Gasteiger partial charge in [-0.15, -0.1) is 11.3 Å². The molecule has 8 heteroatoms. The highest BCUT2D eigenvalue weighted by atomic mass is 32.1. The first-order chi connectivity index (χ1) is 13.9. The summed E-state index contributed by atoms with van der Waals surface area (Å²) in [4.78, 5) is 26.1. The van der Waals surface area contributed by atoms with Crippen molar-refractivity contribution in [2.75, 3.05) is 25.0 Å². The third kappa shape index (κ3) is 3.42. The van der Waals surface area contributed by atoms with Gasteiger partial charge in [0.2, 0.25) is 0 Å². The van der Waals surface area contributed by atoms with Crippen LogP contribution in [0.1, 0.15) is 33.8 Å². The molecule has 6 nitrogen and oxygen atoms in total. The number of nitrogens with one attached hydrogen (secondary N) is 1. The van der Waals surface area contributed by atoms with E-state index in [0.717, 1.165) is 41.5 Å². The van der Waals surface area contributed by atoms with Crippen molar-refractivity contribution < 1.29 is 9.18 Å². The van der Waals surface area contributed by atoms with E-state index in [1.165, 1.54) is 11.3 Å². The second-order valence-electron chi connectivity index (χ2n) is 7.43. The van der Waals surface area contributed by atoms with Crippen LogP contribution in [0, 0.1) is 12.7 Å². The van der Waals surface area contributed by atoms with E-state index in [2.05, 4.69) is 33.3 Å². The minimum absolute atomic E-state index is 0.0848. The maximum atomic E-state index is 15.4. The van der Waals surface area contributed by atoms with Crippen LogP contribution >= 0.6 is 11.3 Å². The fourth-order valence-corrected chi connectivity index (χ4v) is 4.76. The molecule has 0 radical (unpaired) electrons. The summed E-state index contributed by atoms with van der Waals surface area (Å²) >= 11 is 1.45. The largest absolute Gasteiger partial charge is 0.370 e. The molecule has 0 saturated carbocycles. The molecule has 0 bridgehead atoms. The first kappa shape index (κ1) is 19.6. The number of likely N-dealkylation sites (tertiary alicyclic amines) is 1. The van der Waals surface area contributed by atoms with E-state index in [-0.39, 0.29) is 24.3 Å². The number of thiazole rings is 1. The van der Waals surface area contributed by atoms with Crippen molar-refractivity contribution in [3.8, 4) is 10.6 Å². The maximum Gasteiger partial charge on any atom is 0.254 e. The highest BCUT2D eigenvalue weighted by Gasteiger charge is 2.33. The van der Waals surface area contributed by atoms with Gasteiger partial charge in [0.25, 0.3) is 5.91 Å². The number of amides is 1. The van der Waals surface area contributed by atoms with Gasteiger partial charge in [-0.25, -0.2) is 14.4 Å². The zero-order chi connectivity index (χ0) is 20.7. The van der Waals surface area contributed by atoms with Crippen LogP contribution in [0.4, 0.5) is 10.2 Å². The number of hydrogen-bond acceptors (Lipinski definition) is 6. The average molecular weight is 414 g/mol. The van der Waals surface area contributed by atoms with Gasteiger partial charge in [0, 0.05) is 50.2 Å². The van der Waals surface area contributed by atoms with E-state index in [0.29, 0.717) is 16.8 Å². The van der Waals surface area contributed by atoms with Crippen LogP contribution < -0.4 is 10.2 Å². The van der Waals surface area contributed by atoms with E-state index < -0.39 is 5.82 Å². The van der Waals surface area contributed by atoms with Crippen molar-refractivity contribution in [3.05, 3.63) is 53.1 Å². The van der Waals surface area contributed by atoms with Crippen LogP contribution in [0.5, 0.6) is 0 Å². The number of likely N-dealkylation sites (N-methyl/N-ethyl adjacent to an activating group) is 1. The molecule has 0 aromatic carbocycles. The zero-order valence-corrected chi connectivity index (χ0v) is 17.5. The average Bonchev–Trinajstić information content (AvgIpc) is 3.34. The Kier molecular flexibility index (Phi) is 5.12. The molecule has 2 aromatic rings. The van der Waals surface area contributed by atoms with Gasteiger partial charge in [0.1, 0.15) is 0 Å².